The minimum absolute atomic E-state index is 0.0124. The van der Waals surface area contributed by atoms with Gasteiger partial charge < -0.3 is 14.8 Å². The first-order valence-corrected chi connectivity index (χ1v) is 10.2. The number of hydrogen-bond donors (Lipinski definition) is 1. The number of nitrogens with zero attached hydrogens (tertiary/aromatic N) is 4. The molecule has 2 aromatic rings. The monoisotopic (exact) mass is 413 g/mol. The molecule has 1 unspecified atom stereocenters. The Morgan fingerprint density at radius 1 is 1.24 bits per heavy atom. The lowest BCUT2D eigenvalue weighted by molar-refractivity contribution is -0.127. The van der Waals surface area contributed by atoms with E-state index in [4.69, 9.17) is 11.6 Å². The maximum absolute atomic E-state index is 12.7. The molecule has 0 bridgehead atoms. The van der Waals surface area contributed by atoms with E-state index < -0.39 is 0 Å². The van der Waals surface area contributed by atoms with Crippen LogP contribution < -0.4 is 5.32 Å². The van der Waals surface area contributed by atoms with Crippen LogP contribution in [0.4, 0.5) is 5.69 Å². The summed E-state index contributed by atoms with van der Waals surface area (Å²) in [5.41, 5.74) is 1.03. The topological polar surface area (TPSA) is 70.5 Å². The second kappa shape index (κ2) is 8.39. The van der Waals surface area contributed by atoms with E-state index in [9.17, 15) is 9.59 Å². The molecule has 1 aromatic heterocycles. The zero-order valence-electron chi connectivity index (χ0n) is 16.3. The normalized spacial score (nSPS) is 19.5. The van der Waals surface area contributed by atoms with Crippen LogP contribution in [0.1, 0.15) is 29.2 Å². The highest BCUT2D eigenvalue weighted by Gasteiger charge is 2.25. The van der Waals surface area contributed by atoms with Gasteiger partial charge in [0, 0.05) is 25.2 Å². The zero-order chi connectivity index (χ0) is 20.4. The number of fused-ring (bicyclic) bond motifs is 1. The molecule has 152 valence electrons. The van der Waals surface area contributed by atoms with Crippen LogP contribution in [0.15, 0.2) is 42.6 Å². The van der Waals surface area contributed by atoms with Gasteiger partial charge in [-0.15, -0.1) is 0 Å². The molecular formula is C21H24ClN5O2. The Morgan fingerprint density at radius 3 is 2.83 bits per heavy atom. The number of likely N-dealkylation sites (tertiary alicyclic amines) is 1. The number of hydrogen-bond acceptors (Lipinski definition) is 4. The van der Waals surface area contributed by atoms with Crippen LogP contribution in [-0.4, -0.2) is 57.3 Å². The number of benzene rings is 1. The molecule has 1 N–H and O–H groups in total. The van der Waals surface area contributed by atoms with Gasteiger partial charge in [-0.2, -0.15) is 0 Å². The molecule has 0 radical (unpaired) electrons. The third-order valence-corrected chi connectivity index (χ3v) is 5.90. The number of carbonyl (C=O) groups is 2. The SMILES string of the molecule is CN1CCCC1/C=C/C(=O)N1CCn2c(C(=O)Nc3ccccc3Cl)cnc2C1. The van der Waals surface area contributed by atoms with Gasteiger partial charge in [-0.05, 0) is 38.6 Å². The van der Waals surface area contributed by atoms with E-state index in [0.717, 1.165) is 13.0 Å². The molecule has 1 saturated heterocycles. The number of rotatable bonds is 4. The predicted octanol–water partition coefficient (Wildman–Crippen LogP) is 2.78. The minimum atomic E-state index is -0.263. The summed E-state index contributed by atoms with van der Waals surface area (Å²) in [7, 11) is 2.08. The number of carbonyl (C=O) groups excluding carboxylic acids is 2. The summed E-state index contributed by atoms with van der Waals surface area (Å²) in [6, 6.07) is 7.44. The van der Waals surface area contributed by atoms with E-state index >= 15 is 0 Å². The lowest BCUT2D eigenvalue weighted by Gasteiger charge is -2.27. The fourth-order valence-corrected chi connectivity index (χ4v) is 4.04. The largest absolute Gasteiger partial charge is 0.330 e. The number of imidazole rings is 1. The highest BCUT2D eigenvalue weighted by molar-refractivity contribution is 6.33. The molecule has 8 heteroatoms. The van der Waals surface area contributed by atoms with Crippen molar-refractivity contribution in [3.8, 4) is 0 Å². The lowest BCUT2D eigenvalue weighted by atomic mass is 10.2. The molecule has 1 aromatic carbocycles. The number of para-hydroxylation sites is 1. The van der Waals surface area contributed by atoms with Crippen molar-refractivity contribution in [3.63, 3.8) is 0 Å². The van der Waals surface area contributed by atoms with Crippen molar-refractivity contribution in [1.29, 1.82) is 0 Å². The van der Waals surface area contributed by atoms with Gasteiger partial charge in [-0.3, -0.25) is 14.5 Å². The van der Waals surface area contributed by atoms with Gasteiger partial charge in [0.15, 0.2) is 0 Å². The fraction of sp³-hybridized carbons (Fsp3) is 0.381. The predicted molar refractivity (Wildman–Crippen MR) is 112 cm³/mol. The van der Waals surface area contributed by atoms with Gasteiger partial charge in [-0.1, -0.05) is 29.8 Å². The number of nitrogens with one attached hydrogen (secondary N) is 1. The molecule has 2 aliphatic heterocycles. The molecule has 4 rings (SSSR count). The summed E-state index contributed by atoms with van der Waals surface area (Å²) in [5, 5.41) is 3.31. The number of aromatic nitrogens is 2. The third kappa shape index (κ3) is 4.21. The maximum atomic E-state index is 12.7. The zero-order valence-corrected chi connectivity index (χ0v) is 17.1. The van der Waals surface area contributed by atoms with Crippen LogP contribution in [0, 0.1) is 0 Å². The molecule has 0 spiro atoms. The maximum Gasteiger partial charge on any atom is 0.273 e. The first-order chi connectivity index (χ1) is 14.0. The molecule has 7 nitrogen and oxygen atoms in total. The third-order valence-electron chi connectivity index (χ3n) is 5.57. The van der Waals surface area contributed by atoms with Gasteiger partial charge in [-0.25, -0.2) is 4.98 Å². The van der Waals surface area contributed by atoms with E-state index in [1.54, 1.807) is 29.3 Å². The van der Waals surface area contributed by atoms with Crippen LogP contribution in [-0.2, 0) is 17.9 Å². The number of halogens is 1. The average Bonchev–Trinajstić information content (AvgIpc) is 3.33. The number of likely N-dealkylation sites (N-methyl/N-ethyl adjacent to an activating group) is 1. The first kappa shape index (κ1) is 19.7. The molecule has 1 atom stereocenters. The standard InChI is InChI=1S/C21H24ClN5O2/c1-25-10-4-5-15(25)8-9-20(28)26-11-12-27-18(13-23-19(27)14-26)21(29)24-17-7-3-2-6-16(17)22/h2-3,6-9,13,15H,4-5,10-12,14H2,1H3,(H,24,29)/b9-8+. The van der Waals surface area contributed by atoms with Crippen LogP contribution in [0.3, 0.4) is 0 Å². The highest BCUT2D eigenvalue weighted by atomic mass is 35.5. The van der Waals surface area contributed by atoms with Crippen molar-refractivity contribution in [1.82, 2.24) is 19.4 Å². The second-order valence-corrected chi connectivity index (χ2v) is 7.86. The fourth-order valence-electron chi connectivity index (χ4n) is 3.86. The van der Waals surface area contributed by atoms with Crippen LogP contribution in [0.25, 0.3) is 0 Å². The van der Waals surface area contributed by atoms with Crippen molar-refractivity contribution >= 4 is 29.1 Å². The molecule has 0 saturated carbocycles. The molecule has 2 aliphatic rings. The Labute approximate surface area is 175 Å². The molecule has 2 amide bonds. The number of anilines is 1. The molecular weight excluding hydrogens is 390 g/mol. The first-order valence-electron chi connectivity index (χ1n) is 9.80. The van der Waals surface area contributed by atoms with Crippen molar-refractivity contribution in [3.05, 3.63) is 59.2 Å². The Kier molecular flexibility index (Phi) is 5.69. The average molecular weight is 414 g/mol. The van der Waals surface area contributed by atoms with E-state index in [2.05, 4.69) is 22.2 Å². The Morgan fingerprint density at radius 2 is 2.07 bits per heavy atom. The summed E-state index contributed by atoms with van der Waals surface area (Å²) in [6.45, 7) is 2.54. The van der Waals surface area contributed by atoms with Gasteiger partial charge in [0.25, 0.3) is 5.91 Å². The number of amides is 2. The van der Waals surface area contributed by atoms with Gasteiger partial charge in [0.1, 0.15) is 11.5 Å². The summed E-state index contributed by atoms with van der Waals surface area (Å²) in [6.07, 6.45) is 7.49. The second-order valence-electron chi connectivity index (χ2n) is 7.45. The van der Waals surface area contributed by atoms with E-state index in [1.165, 1.54) is 6.42 Å². The minimum Gasteiger partial charge on any atom is -0.330 e. The highest BCUT2D eigenvalue weighted by Crippen LogP contribution is 2.22. The lowest BCUT2D eigenvalue weighted by Crippen LogP contribution is -2.38. The summed E-state index contributed by atoms with van der Waals surface area (Å²) in [4.78, 5) is 33.6. The van der Waals surface area contributed by atoms with Crippen LogP contribution >= 0.6 is 11.6 Å². The Bertz CT molecular complexity index is 954. The molecule has 1 fully saturated rings. The van der Waals surface area contributed by atoms with Gasteiger partial charge >= 0.3 is 0 Å². The van der Waals surface area contributed by atoms with E-state index in [-0.39, 0.29) is 11.8 Å². The van der Waals surface area contributed by atoms with Crippen LogP contribution in [0.5, 0.6) is 0 Å². The van der Waals surface area contributed by atoms with Gasteiger partial charge in [0.2, 0.25) is 5.91 Å². The summed E-state index contributed by atoms with van der Waals surface area (Å²) < 4.78 is 1.87. The van der Waals surface area contributed by atoms with Crippen molar-refractivity contribution in [2.75, 3.05) is 25.5 Å². The van der Waals surface area contributed by atoms with Crippen LogP contribution in [0.2, 0.25) is 5.02 Å². The summed E-state index contributed by atoms with van der Waals surface area (Å²) >= 11 is 6.12. The molecule has 0 aliphatic carbocycles. The van der Waals surface area contributed by atoms with Crippen molar-refractivity contribution in [2.24, 2.45) is 0 Å². The van der Waals surface area contributed by atoms with Crippen molar-refractivity contribution < 1.29 is 9.59 Å². The smallest absolute Gasteiger partial charge is 0.273 e. The van der Waals surface area contributed by atoms with Crippen molar-refractivity contribution in [2.45, 2.75) is 32.0 Å². The van der Waals surface area contributed by atoms with E-state index in [1.807, 2.05) is 22.8 Å². The Balaban J connectivity index is 1.41. The quantitative estimate of drug-likeness (QED) is 0.782. The molecule has 29 heavy (non-hydrogen) atoms. The Hall–Kier alpha value is -2.64. The van der Waals surface area contributed by atoms with E-state index in [0.29, 0.717) is 47.9 Å². The summed E-state index contributed by atoms with van der Waals surface area (Å²) in [5.74, 6) is 0.433. The molecule has 3 heterocycles. The van der Waals surface area contributed by atoms with Gasteiger partial charge in [0.05, 0.1) is 23.5 Å².